The summed E-state index contributed by atoms with van der Waals surface area (Å²) in [5, 5.41) is 3.43. The molecule has 3 nitrogen and oxygen atoms in total. The van der Waals surface area contributed by atoms with Gasteiger partial charge in [0.2, 0.25) is 5.88 Å². The Hall–Kier alpha value is -0.800. The van der Waals surface area contributed by atoms with E-state index < -0.39 is 0 Å². The molecule has 0 aromatic carbocycles. The third kappa shape index (κ3) is 3.65. The molecule has 0 saturated heterocycles. The first-order valence-corrected chi connectivity index (χ1v) is 5.78. The summed E-state index contributed by atoms with van der Waals surface area (Å²) in [6.45, 7) is 6.81. The Balaban J connectivity index is 2.60. The summed E-state index contributed by atoms with van der Waals surface area (Å²) in [5.74, 6) is 0.635. The SMILES string of the molecule is COc1cccc(CNC(C)(C)C(C)Cl)n1. The van der Waals surface area contributed by atoms with Crippen LogP contribution < -0.4 is 10.1 Å². The van der Waals surface area contributed by atoms with Crippen LogP contribution in [0.15, 0.2) is 18.2 Å². The maximum absolute atomic E-state index is 6.09. The molecule has 0 spiro atoms. The predicted octanol–water partition coefficient (Wildman–Crippen LogP) is 2.59. The molecule has 4 heteroatoms. The van der Waals surface area contributed by atoms with Crippen LogP contribution in [0.2, 0.25) is 0 Å². The fraction of sp³-hybridized carbons (Fsp3) is 0.583. The second-order valence-corrected chi connectivity index (χ2v) is 5.02. The van der Waals surface area contributed by atoms with Gasteiger partial charge in [0, 0.05) is 23.5 Å². The van der Waals surface area contributed by atoms with E-state index in [9.17, 15) is 0 Å². The van der Waals surface area contributed by atoms with Gasteiger partial charge in [-0.15, -0.1) is 11.6 Å². The number of aromatic nitrogens is 1. The minimum atomic E-state index is -0.119. The number of rotatable bonds is 5. The summed E-state index contributed by atoms with van der Waals surface area (Å²) in [4.78, 5) is 4.33. The zero-order chi connectivity index (χ0) is 12.2. The molecule has 1 aromatic rings. The molecule has 0 amide bonds. The molecule has 0 bridgehead atoms. The quantitative estimate of drug-likeness (QED) is 0.806. The van der Waals surface area contributed by atoms with Gasteiger partial charge in [0.15, 0.2) is 0 Å². The molecule has 1 heterocycles. The number of hydrogen-bond donors (Lipinski definition) is 1. The van der Waals surface area contributed by atoms with Crippen molar-refractivity contribution in [2.24, 2.45) is 0 Å². The van der Waals surface area contributed by atoms with Gasteiger partial charge in [0.05, 0.1) is 12.8 Å². The Morgan fingerprint density at radius 2 is 2.19 bits per heavy atom. The first kappa shape index (κ1) is 13.3. The summed E-state index contributed by atoms with van der Waals surface area (Å²) in [7, 11) is 1.62. The first-order valence-electron chi connectivity index (χ1n) is 5.34. The van der Waals surface area contributed by atoms with E-state index in [1.807, 2.05) is 25.1 Å². The molecule has 1 aromatic heterocycles. The molecule has 0 aliphatic carbocycles. The second kappa shape index (κ2) is 5.51. The highest BCUT2D eigenvalue weighted by atomic mass is 35.5. The number of hydrogen-bond acceptors (Lipinski definition) is 3. The summed E-state index contributed by atoms with van der Waals surface area (Å²) < 4.78 is 5.07. The van der Waals surface area contributed by atoms with E-state index in [1.165, 1.54) is 0 Å². The van der Waals surface area contributed by atoms with Gasteiger partial charge in [0.1, 0.15) is 0 Å². The lowest BCUT2D eigenvalue weighted by Crippen LogP contribution is -2.45. The largest absolute Gasteiger partial charge is 0.481 e. The average Bonchev–Trinajstić information content (AvgIpc) is 2.26. The Morgan fingerprint density at radius 3 is 2.75 bits per heavy atom. The van der Waals surface area contributed by atoms with Gasteiger partial charge in [-0.3, -0.25) is 0 Å². The molecule has 0 aliphatic heterocycles. The molecule has 90 valence electrons. The van der Waals surface area contributed by atoms with Crippen LogP contribution in [-0.2, 0) is 6.54 Å². The van der Waals surface area contributed by atoms with Crippen molar-refractivity contribution in [1.82, 2.24) is 10.3 Å². The van der Waals surface area contributed by atoms with Gasteiger partial charge in [-0.05, 0) is 26.8 Å². The van der Waals surface area contributed by atoms with Crippen LogP contribution in [0, 0.1) is 0 Å². The number of alkyl halides is 1. The van der Waals surface area contributed by atoms with Crippen molar-refractivity contribution in [2.75, 3.05) is 7.11 Å². The molecule has 16 heavy (non-hydrogen) atoms. The average molecular weight is 243 g/mol. The van der Waals surface area contributed by atoms with E-state index in [-0.39, 0.29) is 10.9 Å². The third-order valence-electron chi connectivity index (χ3n) is 2.71. The standard InChI is InChI=1S/C12H19ClN2O/c1-9(13)12(2,3)14-8-10-6-5-7-11(15-10)16-4/h5-7,9,14H,8H2,1-4H3. The van der Waals surface area contributed by atoms with E-state index in [2.05, 4.69) is 24.1 Å². The van der Waals surface area contributed by atoms with Gasteiger partial charge in [-0.1, -0.05) is 6.07 Å². The van der Waals surface area contributed by atoms with E-state index in [1.54, 1.807) is 7.11 Å². The topological polar surface area (TPSA) is 34.1 Å². The number of nitrogens with one attached hydrogen (secondary N) is 1. The number of nitrogens with zero attached hydrogens (tertiary/aromatic N) is 1. The van der Waals surface area contributed by atoms with Crippen LogP contribution in [0.4, 0.5) is 0 Å². The van der Waals surface area contributed by atoms with Gasteiger partial charge < -0.3 is 10.1 Å². The molecule has 0 radical (unpaired) electrons. The molecular formula is C12H19ClN2O. The zero-order valence-electron chi connectivity index (χ0n) is 10.2. The highest BCUT2D eigenvalue weighted by molar-refractivity contribution is 6.21. The summed E-state index contributed by atoms with van der Waals surface area (Å²) in [6, 6.07) is 5.73. The lowest BCUT2D eigenvalue weighted by molar-refractivity contribution is 0.371. The van der Waals surface area contributed by atoms with Crippen molar-refractivity contribution in [3.05, 3.63) is 23.9 Å². The second-order valence-electron chi connectivity index (χ2n) is 4.36. The molecule has 0 fully saturated rings. The van der Waals surface area contributed by atoms with Crippen molar-refractivity contribution in [1.29, 1.82) is 0 Å². The molecule has 1 rings (SSSR count). The highest BCUT2D eigenvalue weighted by Crippen LogP contribution is 2.15. The van der Waals surface area contributed by atoms with E-state index in [0.717, 1.165) is 5.69 Å². The third-order valence-corrected chi connectivity index (χ3v) is 3.26. The Morgan fingerprint density at radius 1 is 1.50 bits per heavy atom. The predicted molar refractivity (Wildman–Crippen MR) is 67.0 cm³/mol. The van der Waals surface area contributed by atoms with Gasteiger partial charge in [0.25, 0.3) is 0 Å². The maximum atomic E-state index is 6.09. The number of ether oxygens (including phenoxy) is 1. The van der Waals surface area contributed by atoms with E-state index in [0.29, 0.717) is 12.4 Å². The maximum Gasteiger partial charge on any atom is 0.213 e. The van der Waals surface area contributed by atoms with Crippen LogP contribution in [0.25, 0.3) is 0 Å². The van der Waals surface area contributed by atoms with Gasteiger partial charge in [-0.2, -0.15) is 0 Å². The van der Waals surface area contributed by atoms with Gasteiger partial charge in [-0.25, -0.2) is 4.98 Å². The van der Waals surface area contributed by atoms with Crippen LogP contribution in [-0.4, -0.2) is 23.0 Å². The lowest BCUT2D eigenvalue weighted by atomic mass is 10.0. The molecule has 0 aliphatic rings. The van der Waals surface area contributed by atoms with Gasteiger partial charge >= 0.3 is 0 Å². The molecule has 1 atom stereocenters. The Bertz CT molecular complexity index is 340. The normalized spacial score (nSPS) is 13.6. The minimum absolute atomic E-state index is 0.0538. The summed E-state index contributed by atoms with van der Waals surface area (Å²) in [5.41, 5.74) is 0.830. The highest BCUT2D eigenvalue weighted by Gasteiger charge is 2.23. The fourth-order valence-corrected chi connectivity index (χ4v) is 1.21. The van der Waals surface area contributed by atoms with Crippen LogP contribution >= 0.6 is 11.6 Å². The zero-order valence-corrected chi connectivity index (χ0v) is 11.0. The van der Waals surface area contributed by atoms with Crippen molar-refractivity contribution >= 4 is 11.6 Å². The van der Waals surface area contributed by atoms with Crippen LogP contribution in [0.1, 0.15) is 26.5 Å². The van der Waals surface area contributed by atoms with E-state index in [4.69, 9.17) is 16.3 Å². The van der Waals surface area contributed by atoms with Crippen LogP contribution in [0.5, 0.6) is 5.88 Å². The number of pyridine rings is 1. The van der Waals surface area contributed by atoms with Crippen LogP contribution in [0.3, 0.4) is 0 Å². The summed E-state index contributed by atoms with van der Waals surface area (Å²) >= 11 is 6.09. The fourth-order valence-electron chi connectivity index (χ4n) is 1.13. The molecule has 0 saturated carbocycles. The monoisotopic (exact) mass is 242 g/mol. The number of methoxy groups -OCH3 is 1. The molecular weight excluding hydrogens is 224 g/mol. The number of halogens is 1. The van der Waals surface area contributed by atoms with Crippen molar-refractivity contribution < 1.29 is 4.74 Å². The van der Waals surface area contributed by atoms with Crippen molar-refractivity contribution in [3.63, 3.8) is 0 Å². The van der Waals surface area contributed by atoms with Crippen molar-refractivity contribution in [3.8, 4) is 5.88 Å². The lowest BCUT2D eigenvalue weighted by Gasteiger charge is -2.29. The molecule has 1 unspecified atom stereocenters. The minimum Gasteiger partial charge on any atom is -0.481 e. The summed E-state index contributed by atoms with van der Waals surface area (Å²) in [6.07, 6.45) is 0. The Labute approximate surface area is 102 Å². The Kier molecular flexibility index (Phi) is 4.56. The smallest absolute Gasteiger partial charge is 0.213 e. The van der Waals surface area contributed by atoms with Crippen molar-refractivity contribution in [2.45, 2.75) is 38.2 Å². The van der Waals surface area contributed by atoms with E-state index >= 15 is 0 Å². The molecule has 1 N–H and O–H groups in total. The first-order chi connectivity index (χ1) is 7.45.